The van der Waals surface area contributed by atoms with Crippen molar-refractivity contribution in [2.45, 2.75) is 20.4 Å². The van der Waals surface area contributed by atoms with Gasteiger partial charge in [0.2, 0.25) is 0 Å². The quantitative estimate of drug-likeness (QED) is 0.898. The Morgan fingerprint density at radius 1 is 1.32 bits per heavy atom. The highest BCUT2D eigenvalue weighted by Gasteiger charge is 2.00. The van der Waals surface area contributed by atoms with E-state index in [-0.39, 0.29) is 0 Å². The maximum Gasteiger partial charge on any atom is 0.126 e. The molecular weight excluding hydrogens is 304 g/mol. The summed E-state index contributed by atoms with van der Waals surface area (Å²) in [5, 5.41) is 3.31. The van der Waals surface area contributed by atoms with E-state index in [0.717, 1.165) is 22.6 Å². The van der Waals surface area contributed by atoms with Crippen LogP contribution in [0.2, 0.25) is 0 Å². The molecule has 0 bridgehead atoms. The van der Waals surface area contributed by atoms with Gasteiger partial charge >= 0.3 is 0 Å². The van der Waals surface area contributed by atoms with Crippen LogP contribution >= 0.6 is 15.9 Å². The largest absolute Gasteiger partial charge is 0.494 e. The molecule has 2 rings (SSSR count). The summed E-state index contributed by atoms with van der Waals surface area (Å²) in [6, 6.07) is 10.1. The van der Waals surface area contributed by atoms with Crippen molar-refractivity contribution in [3.63, 3.8) is 0 Å². The number of halogens is 1. The third-order valence-electron chi connectivity index (χ3n) is 2.73. The van der Waals surface area contributed by atoms with E-state index in [1.54, 1.807) is 0 Å². The lowest BCUT2D eigenvalue weighted by Gasteiger charge is -2.09. The minimum absolute atomic E-state index is 0.685. The number of hydrogen-bond donors (Lipinski definition) is 1. The van der Waals surface area contributed by atoms with Gasteiger partial charge in [-0.3, -0.25) is 0 Å². The number of anilines is 1. The number of hydrogen-bond acceptors (Lipinski definition) is 3. The number of nitrogens with zero attached hydrogens (tertiary/aromatic N) is 1. The van der Waals surface area contributed by atoms with Crippen LogP contribution in [0.1, 0.15) is 18.1 Å². The molecule has 1 heterocycles. The summed E-state index contributed by atoms with van der Waals surface area (Å²) < 4.78 is 6.51. The molecule has 3 nitrogen and oxygen atoms in total. The maximum atomic E-state index is 5.48. The Bertz CT molecular complexity index is 558. The van der Waals surface area contributed by atoms with Crippen molar-refractivity contribution in [1.29, 1.82) is 0 Å². The fraction of sp³-hybridized carbons (Fsp3) is 0.267. The molecule has 0 radical (unpaired) electrons. The fourth-order valence-electron chi connectivity index (χ4n) is 1.74. The van der Waals surface area contributed by atoms with Crippen LogP contribution in [0.3, 0.4) is 0 Å². The monoisotopic (exact) mass is 320 g/mol. The fourth-order valence-corrected chi connectivity index (χ4v) is 1.96. The third kappa shape index (κ3) is 3.96. The van der Waals surface area contributed by atoms with Crippen LogP contribution in [0.15, 0.2) is 41.0 Å². The molecule has 1 aromatic heterocycles. The Kier molecular flexibility index (Phi) is 4.80. The minimum Gasteiger partial charge on any atom is -0.494 e. The third-order valence-corrected chi connectivity index (χ3v) is 3.56. The van der Waals surface area contributed by atoms with Crippen LogP contribution in [0.25, 0.3) is 0 Å². The number of aryl methyl sites for hydroxylation is 1. The lowest BCUT2D eigenvalue weighted by Crippen LogP contribution is -2.02. The van der Waals surface area contributed by atoms with E-state index in [4.69, 9.17) is 4.74 Å². The summed E-state index contributed by atoms with van der Waals surface area (Å²) in [7, 11) is 0. The molecule has 0 amide bonds. The van der Waals surface area contributed by atoms with Crippen molar-refractivity contribution in [2.75, 3.05) is 11.9 Å². The number of aromatic nitrogens is 1. The summed E-state index contributed by atoms with van der Waals surface area (Å²) in [5.41, 5.74) is 2.34. The van der Waals surface area contributed by atoms with Gasteiger partial charge < -0.3 is 10.1 Å². The zero-order valence-corrected chi connectivity index (χ0v) is 12.7. The molecule has 0 aliphatic heterocycles. The summed E-state index contributed by atoms with van der Waals surface area (Å²) in [5.74, 6) is 1.78. The van der Waals surface area contributed by atoms with Gasteiger partial charge in [0, 0.05) is 17.2 Å². The minimum atomic E-state index is 0.685. The predicted molar refractivity (Wildman–Crippen MR) is 81.6 cm³/mol. The lowest BCUT2D eigenvalue weighted by atomic mass is 10.2. The predicted octanol–water partition coefficient (Wildman–Crippen LogP) is 4.16. The zero-order valence-electron chi connectivity index (χ0n) is 11.1. The van der Waals surface area contributed by atoms with Gasteiger partial charge in [-0.05, 0) is 59.1 Å². The first-order valence-electron chi connectivity index (χ1n) is 6.27. The molecule has 100 valence electrons. The van der Waals surface area contributed by atoms with Crippen LogP contribution < -0.4 is 10.1 Å². The smallest absolute Gasteiger partial charge is 0.126 e. The standard InChI is InChI=1S/C15H17BrN2O/c1-3-19-13-6-4-5-12(8-13)9-17-15-7-11(2)14(16)10-18-15/h4-8,10H,3,9H2,1-2H3,(H,17,18). The van der Waals surface area contributed by atoms with E-state index >= 15 is 0 Å². The summed E-state index contributed by atoms with van der Waals surface area (Å²) in [6.45, 7) is 5.45. The van der Waals surface area contributed by atoms with Gasteiger partial charge in [-0.15, -0.1) is 0 Å². The highest BCUT2D eigenvalue weighted by molar-refractivity contribution is 9.10. The van der Waals surface area contributed by atoms with E-state index in [2.05, 4.69) is 32.3 Å². The van der Waals surface area contributed by atoms with Crippen molar-refractivity contribution >= 4 is 21.7 Å². The molecule has 1 aromatic carbocycles. The van der Waals surface area contributed by atoms with E-state index in [1.807, 2.05) is 44.3 Å². The highest BCUT2D eigenvalue weighted by atomic mass is 79.9. The zero-order chi connectivity index (χ0) is 13.7. The van der Waals surface area contributed by atoms with Crippen molar-refractivity contribution < 1.29 is 4.74 Å². The van der Waals surface area contributed by atoms with Crippen molar-refractivity contribution in [2.24, 2.45) is 0 Å². The molecule has 0 saturated carbocycles. The Balaban J connectivity index is 2.01. The SMILES string of the molecule is CCOc1cccc(CNc2cc(C)c(Br)cn2)c1. The Hall–Kier alpha value is -1.55. The topological polar surface area (TPSA) is 34.1 Å². The van der Waals surface area contributed by atoms with Gasteiger partial charge in [-0.25, -0.2) is 4.98 Å². The molecule has 0 aliphatic carbocycles. The average molecular weight is 321 g/mol. The first kappa shape index (κ1) is 13.9. The second-order valence-electron chi connectivity index (χ2n) is 4.25. The molecule has 19 heavy (non-hydrogen) atoms. The molecule has 0 aliphatic rings. The number of ether oxygens (including phenoxy) is 1. The normalized spacial score (nSPS) is 10.3. The Labute approximate surface area is 122 Å². The molecular formula is C15H17BrN2O. The van der Waals surface area contributed by atoms with Gasteiger partial charge in [-0.1, -0.05) is 12.1 Å². The van der Waals surface area contributed by atoms with Crippen molar-refractivity contribution in [1.82, 2.24) is 4.98 Å². The molecule has 0 spiro atoms. The number of pyridine rings is 1. The van der Waals surface area contributed by atoms with Gasteiger partial charge in [0.25, 0.3) is 0 Å². The molecule has 4 heteroatoms. The molecule has 1 N–H and O–H groups in total. The lowest BCUT2D eigenvalue weighted by molar-refractivity contribution is 0.340. The van der Waals surface area contributed by atoms with Crippen LogP contribution in [0.4, 0.5) is 5.82 Å². The van der Waals surface area contributed by atoms with E-state index < -0.39 is 0 Å². The molecule has 0 atom stereocenters. The van der Waals surface area contributed by atoms with E-state index in [9.17, 15) is 0 Å². The van der Waals surface area contributed by atoms with E-state index in [1.165, 1.54) is 11.1 Å². The maximum absolute atomic E-state index is 5.48. The second-order valence-corrected chi connectivity index (χ2v) is 5.11. The van der Waals surface area contributed by atoms with Gasteiger partial charge in [0.1, 0.15) is 11.6 Å². The number of benzene rings is 1. The number of rotatable bonds is 5. The Morgan fingerprint density at radius 2 is 2.16 bits per heavy atom. The summed E-state index contributed by atoms with van der Waals surface area (Å²) >= 11 is 3.45. The van der Waals surface area contributed by atoms with Gasteiger partial charge in [0.15, 0.2) is 0 Å². The van der Waals surface area contributed by atoms with Crippen molar-refractivity contribution in [3.8, 4) is 5.75 Å². The molecule has 0 saturated heterocycles. The van der Waals surface area contributed by atoms with Gasteiger partial charge in [0.05, 0.1) is 6.61 Å². The van der Waals surface area contributed by atoms with Crippen LogP contribution in [-0.4, -0.2) is 11.6 Å². The number of nitrogens with one attached hydrogen (secondary N) is 1. The second kappa shape index (κ2) is 6.57. The average Bonchev–Trinajstić information content (AvgIpc) is 2.41. The van der Waals surface area contributed by atoms with Crippen LogP contribution in [0.5, 0.6) is 5.75 Å². The van der Waals surface area contributed by atoms with Crippen molar-refractivity contribution in [3.05, 3.63) is 52.1 Å². The van der Waals surface area contributed by atoms with Gasteiger partial charge in [-0.2, -0.15) is 0 Å². The first-order valence-corrected chi connectivity index (χ1v) is 7.06. The molecule has 0 unspecified atom stereocenters. The Morgan fingerprint density at radius 3 is 2.89 bits per heavy atom. The highest BCUT2D eigenvalue weighted by Crippen LogP contribution is 2.18. The van der Waals surface area contributed by atoms with Crippen LogP contribution in [-0.2, 0) is 6.54 Å². The summed E-state index contributed by atoms with van der Waals surface area (Å²) in [4.78, 5) is 4.32. The molecule has 0 fully saturated rings. The first-order chi connectivity index (χ1) is 9.19. The van der Waals surface area contributed by atoms with Crippen LogP contribution in [0, 0.1) is 6.92 Å². The molecule has 2 aromatic rings. The summed E-state index contributed by atoms with van der Waals surface area (Å²) in [6.07, 6.45) is 1.81. The van der Waals surface area contributed by atoms with E-state index in [0.29, 0.717) is 6.61 Å².